The SMILES string of the molecule is Cc1ccccc1CN1CCN(C(c2ccccc2)c2ccc(Cl)cc2)CC1. The van der Waals surface area contributed by atoms with Crippen LogP contribution in [0.15, 0.2) is 78.9 Å². The summed E-state index contributed by atoms with van der Waals surface area (Å²) < 4.78 is 0. The molecule has 3 aromatic carbocycles. The van der Waals surface area contributed by atoms with E-state index in [9.17, 15) is 0 Å². The molecule has 2 nitrogen and oxygen atoms in total. The van der Waals surface area contributed by atoms with Gasteiger partial charge in [-0.15, -0.1) is 0 Å². The van der Waals surface area contributed by atoms with Gasteiger partial charge < -0.3 is 0 Å². The fourth-order valence-electron chi connectivity index (χ4n) is 4.10. The molecule has 1 fully saturated rings. The number of piperazine rings is 1. The Hall–Kier alpha value is -2.13. The lowest BCUT2D eigenvalue weighted by molar-refractivity contribution is 0.105. The minimum atomic E-state index is 0.277. The summed E-state index contributed by atoms with van der Waals surface area (Å²) in [5.41, 5.74) is 5.47. The van der Waals surface area contributed by atoms with Gasteiger partial charge in [-0.05, 0) is 41.3 Å². The van der Waals surface area contributed by atoms with E-state index in [-0.39, 0.29) is 6.04 Å². The van der Waals surface area contributed by atoms with Crippen molar-refractivity contribution in [1.82, 2.24) is 9.80 Å². The number of hydrogen-bond acceptors (Lipinski definition) is 2. The van der Waals surface area contributed by atoms with E-state index in [1.165, 1.54) is 22.3 Å². The monoisotopic (exact) mass is 390 g/mol. The van der Waals surface area contributed by atoms with Crippen LogP contribution in [0.2, 0.25) is 5.02 Å². The molecule has 1 aliphatic heterocycles. The summed E-state index contributed by atoms with van der Waals surface area (Å²) in [4.78, 5) is 5.18. The van der Waals surface area contributed by atoms with Crippen molar-refractivity contribution in [3.63, 3.8) is 0 Å². The van der Waals surface area contributed by atoms with Gasteiger partial charge in [0.1, 0.15) is 0 Å². The van der Waals surface area contributed by atoms with Crippen LogP contribution >= 0.6 is 11.6 Å². The second kappa shape index (κ2) is 8.91. The largest absolute Gasteiger partial charge is 0.297 e. The third-order valence-electron chi connectivity index (χ3n) is 5.73. The first kappa shape index (κ1) is 19.2. The summed E-state index contributed by atoms with van der Waals surface area (Å²) in [5.74, 6) is 0. The van der Waals surface area contributed by atoms with Crippen LogP contribution in [0.5, 0.6) is 0 Å². The average molecular weight is 391 g/mol. The first-order chi connectivity index (χ1) is 13.7. The zero-order valence-corrected chi connectivity index (χ0v) is 17.1. The Morgan fingerprint density at radius 2 is 1.36 bits per heavy atom. The highest BCUT2D eigenvalue weighted by Gasteiger charge is 2.26. The van der Waals surface area contributed by atoms with E-state index in [2.05, 4.69) is 83.5 Å². The van der Waals surface area contributed by atoms with Crippen molar-refractivity contribution in [1.29, 1.82) is 0 Å². The Labute approximate surface area is 173 Å². The molecule has 1 unspecified atom stereocenters. The second-order valence-corrected chi connectivity index (χ2v) is 8.04. The molecule has 3 aromatic rings. The van der Waals surface area contributed by atoms with Gasteiger partial charge in [0, 0.05) is 37.7 Å². The first-order valence-electron chi connectivity index (χ1n) is 10.0. The smallest absolute Gasteiger partial charge is 0.0602 e. The van der Waals surface area contributed by atoms with Gasteiger partial charge in [-0.25, -0.2) is 0 Å². The predicted molar refractivity (Wildman–Crippen MR) is 118 cm³/mol. The van der Waals surface area contributed by atoms with Gasteiger partial charge in [0.25, 0.3) is 0 Å². The Bertz CT molecular complexity index is 884. The Morgan fingerprint density at radius 3 is 2.04 bits per heavy atom. The molecule has 0 aliphatic carbocycles. The molecule has 28 heavy (non-hydrogen) atoms. The maximum atomic E-state index is 6.14. The lowest BCUT2D eigenvalue weighted by Crippen LogP contribution is -2.47. The van der Waals surface area contributed by atoms with Gasteiger partial charge >= 0.3 is 0 Å². The highest BCUT2D eigenvalue weighted by Crippen LogP contribution is 2.30. The van der Waals surface area contributed by atoms with Gasteiger partial charge in [-0.3, -0.25) is 9.80 Å². The van der Waals surface area contributed by atoms with Crippen LogP contribution in [0.4, 0.5) is 0 Å². The standard InChI is InChI=1S/C25H27ClN2/c1-20-7-5-6-10-23(20)19-27-15-17-28(18-16-27)25(21-8-3-2-4-9-21)22-11-13-24(26)14-12-22/h2-14,25H,15-19H2,1H3. The van der Waals surface area contributed by atoms with Gasteiger partial charge in [0.05, 0.1) is 6.04 Å². The maximum absolute atomic E-state index is 6.14. The molecule has 0 bridgehead atoms. The number of hydrogen-bond donors (Lipinski definition) is 0. The van der Waals surface area contributed by atoms with Crippen LogP contribution in [-0.4, -0.2) is 36.0 Å². The summed E-state index contributed by atoms with van der Waals surface area (Å²) in [6.07, 6.45) is 0. The van der Waals surface area contributed by atoms with Crippen LogP contribution in [0.25, 0.3) is 0 Å². The zero-order chi connectivity index (χ0) is 19.3. The van der Waals surface area contributed by atoms with Crippen LogP contribution in [0, 0.1) is 6.92 Å². The van der Waals surface area contributed by atoms with E-state index in [1.807, 2.05) is 12.1 Å². The Balaban J connectivity index is 1.49. The number of halogens is 1. The minimum Gasteiger partial charge on any atom is -0.297 e. The van der Waals surface area contributed by atoms with E-state index in [0.29, 0.717) is 0 Å². The van der Waals surface area contributed by atoms with Gasteiger partial charge in [0.2, 0.25) is 0 Å². The van der Waals surface area contributed by atoms with E-state index < -0.39 is 0 Å². The Morgan fingerprint density at radius 1 is 0.750 bits per heavy atom. The van der Waals surface area contributed by atoms with Gasteiger partial charge in [-0.2, -0.15) is 0 Å². The van der Waals surface area contributed by atoms with Crippen molar-refractivity contribution in [2.24, 2.45) is 0 Å². The highest BCUT2D eigenvalue weighted by molar-refractivity contribution is 6.30. The quantitative estimate of drug-likeness (QED) is 0.563. The molecule has 144 valence electrons. The molecule has 3 heteroatoms. The lowest BCUT2D eigenvalue weighted by atomic mass is 9.96. The fourth-order valence-corrected chi connectivity index (χ4v) is 4.23. The third-order valence-corrected chi connectivity index (χ3v) is 5.98. The molecule has 1 heterocycles. The molecular weight excluding hydrogens is 364 g/mol. The van der Waals surface area contributed by atoms with Crippen molar-refractivity contribution < 1.29 is 0 Å². The van der Waals surface area contributed by atoms with E-state index in [1.54, 1.807) is 0 Å². The van der Waals surface area contributed by atoms with Crippen LogP contribution < -0.4 is 0 Å². The topological polar surface area (TPSA) is 6.48 Å². The van der Waals surface area contributed by atoms with Crippen molar-refractivity contribution in [3.05, 3.63) is 106 Å². The third kappa shape index (κ3) is 4.47. The van der Waals surface area contributed by atoms with Gasteiger partial charge in [0.15, 0.2) is 0 Å². The molecule has 0 radical (unpaired) electrons. The molecule has 4 rings (SSSR count). The zero-order valence-electron chi connectivity index (χ0n) is 16.4. The number of nitrogens with zero attached hydrogens (tertiary/aromatic N) is 2. The van der Waals surface area contributed by atoms with Crippen molar-refractivity contribution in [3.8, 4) is 0 Å². The normalized spacial score (nSPS) is 16.8. The number of benzene rings is 3. The summed E-state index contributed by atoms with van der Waals surface area (Å²) in [5, 5.41) is 0.790. The first-order valence-corrected chi connectivity index (χ1v) is 10.4. The molecule has 1 atom stereocenters. The second-order valence-electron chi connectivity index (χ2n) is 7.60. The number of aryl methyl sites for hydroxylation is 1. The summed E-state index contributed by atoms with van der Waals surface area (Å²) >= 11 is 6.14. The van der Waals surface area contributed by atoms with Crippen molar-refractivity contribution in [2.75, 3.05) is 26.2 Å². The molecule has 0 aromatic heterocycles. The lowest BCUT2D eigenvalue weighted by Gasteiger charge is -2.40. The van der Waals surface area contributed by atoms with Crippen LogP contribution in [0.3, 0.4) is 0 Å². The summed E-state index contributed by atoms with van der Waals surface area (Å²) in [6, 6.07) is 28.2. The molecule has 1 aliphatic rings. The molecule has 0 saturated carbocycles. The van der Waals surface area contributed by atoms with E-state index in [0.717, 1.165) is 37.7 Å². The summed E-state index contributed by atoms with van der Waals surface area (Å²) in [6.45, 7) is 7.55. The fraction of sp³-hybridized carbons (Fsp3) is 0.280. The van der Waals surface area contributed by atoms with E-state index in [4.69, 9.17) is 11.6 Å². The minimum absolute atomic E-state index is 0.277. The van der Waals surface area contributed by atoms with Gasteiger partial charge in [-0.1, -0.05) is 78.3 Å². The maximum Gasteiger partial charge on any atom is 0.0602 e. The Kier molecular flexibility index (Phi) is 6.11. The van der Waals surface area contributed by atoms with Crippen LogP contribution in [0.1, 0.15) is 28.3 Å². The highest BCUT2D eigenvalue weighted by atomic mass is 35.5. The summed E-state index contributed by atoms with van der Waals surface area (Å²) in [7, 11) is 0. The molecular formula is C25H27ClN2. The predicted octanol–water partition coefficient (Wildman–Crippen LogP) is 5.56. The van der Waals surface area contributed by atoms with Crippen LogP contribution in [-0.2, 0) is 6.54 Å². The number of rotatable bonds is 5. The molecule has 0 amide bonds. The van der Waals surface area contributed by atoms with Crippen molar-refractivity contribution >= 4 is 11.6 Å². The molecule has 0 spiro atoms. The van der Waals surface area contributed by atoms with Crippen molar-refractivity contribution in [2.45, 2.75) is 19.5 Å². The molecule has 0 N–H and O–H groups in total. The van der Waals surface area contributed by atoms with E-state index >= 15 is 0 Å². The molecule has 1 saturated heterocycles. The average Bonchev–Trinajstić information content (AvgIpc) is 2.73.